The van der Waals surface area contributed by atoms with Crippen LogP contribution in [0, 0.1) is 5.92 Å². The summed E-state index contributed by atoms with van der Waals surface area (Å²) in [4.78, 5) is 46.5. The highest BCUT2D eigenvalue weighted by Gasteiger charge is 2.47. The Morgan fingerprint density at radius 1 is 0.944 bits per heavy atom. The maximum Gasteiger partial charge on any atom is 0.411 e. The molecule has 0 bridgehead atoms. The van der Waals surface area contributed by atoms with E-state index in [1.54, 1.807) is 44.3 Å². The molecule has 2 amide bonds. The smallest absolute Gasteiger partial charge is 0.411 e. The maximum atomic E-state index is 15.2. The first kappa shape index (κ1) is 39.6. The standard InChI is InChI=1S/C39H47N5O9S/c1-8-52-32-20-25(9-13-31(32)53-22(2)3)34(42-26-10-12-28-24(19-26)15-17-41-36(28)40)37(45)44-18-16-29(38(46)50-6)35(44)30-21-27(43-39(47)51-7)11-14-33(30)54(48,49)23(4)5/h9-15,17,19-23,29,34-35,42H,8,16,18H2,1-7H3,(H2,40,41)(H,43,47)/t29-,34?,35+/m1/s1. The third-order valence-corrected chi connectivity index (χ3v) is 11.4. The molecular formula is C39H47N5O9S. The van der Waals surface area contributed by atoms with Crippen LogP contribution in [0.5, 0.6) is 11.5 Å². The fraction of sp³-hybridized carbons (Fsp3) is 0.385. The van der Waals surface area contributed by atoms with Crippen LogP contribution >= 0.6 is 0 Å². The fourth-order valence-corrected chi connectivity index (χ4v) is 7.87. The van der Waals surface area contributed by atoms with E-state index in [2.05, 4.69) is 15.6 Å². The van der Waals surface area contributed by atoms with Crippen molar-refractivity contribution in [3.63, 3.8) is 0 Å². The predicted molar refractivity (Wildman–Crippen MR) is 205 cm³/mol. The Labute approximate surface area is 315 Å². The van der Waals surface area contributed by atoms with Crippen molar-refractivity contribution in [1.29, 1.82) is 0 Å². The number of sulfone groups is 1. The third kappa shape index (κ3) is 8.30. The van der Waals surface area contributed by atoms with E-state index < -0.39 is 51.1 Å². The van der Waals surface area contributed by atoms with Crippen LogP contribution in [0.3, 0.4) is 0 Å². The lowest BCUT2D eigenvalue weighted by atomic mass is 9.92. The molecule has 2 heterocycles. The van der Waals surface area contributed by atoms with Crippen molar-refractivity contribution >= 4 is 55.8 Å². The first-order valence-corrected chi connectivity index (χ1v) is 19.2. The second kappa shape index (κ2) is 16.6. The molecule has 15 heteroatoms. The van der Waals surface area contributed by atoms with Crippen LogP contribution < -0.4 is 25.8 Å². The van der Waals surface area contributed by atoms with Crippen molar-refractivity contribution in [2.75, 3.05) is 43.7 Å². The van der Waals surface area contributed by atoms with Gasteiger partial charge in [0.05, 0.1) is 49.0 Å². The number of hydrogen-bond donors (Lipinski definition) is 3. The van der Waals surface area contributed by atoms with E-state index in [1.807, 2.05) is 39.0 Å². The normalized spacial score (nSPS) is 16.3. The Morgan fingerprint density at radius 2 is 1.69 bits per heavy atom. The van der Waals surface area contributed by atoms with E-state index in [-0.39, 0.29) is 35.2 Å². The first-order valence-electron chi connectivity index (χ1n) is 17.6. The van der Waals surface area contributed by atoms with Gasteiger partial charge in [-0.25, -0.2) is 18.2 Å². The molecule has 0 saturated carbocycles. The number of hydrogen-bond acceptors (Lipinski definition) is 12. The van der Waals surface area contributed by atoms with Gasteiger partial charge in [-0.2, -0.15) is 0 Å². The van der Waals surface area contributed by atoms with Crippen molar-refractivity contribution < 1.29 is 41.7 Å². The number of benzene rings is 3. The number of rotatable bonds is 13. The Hall–Kier alpha value is -5.57. The van der Waals surface area contributed by atoms with E-state index in [4.69, 9.17) is 24.7 Å². The van der Waals surface area contributed by atoms with Crippen molar-refractivity contribution in [3.05, 3.63) is 78.0 Å². The van der Waals surface area contributed by atoms with Crippen LogP contribution in [0.2, 0.25) is 0 Å². The number of carbonyl (C=O) groups is 3. The predicted octanol–water partition coefficient (Wildman–Crippen LogP) is 6.28. The van der Waals surface area contributed by atoms with E-state index >= 15 is 4.79 Å². The Kier molecular flexibility index (Phi) is 12.2. The average molecular weight is 762 g/mol. The number of methoxy groups -OCH3 is 2. The largest absolute Gasteiger partial charge is 0.490 e. The number of pyridine rings is 1. The number of nitrogens with two attached hydrogens (primary N) is 1. The molecule has 54 heavy (non-hydrogen) atoms. The van der Waals surface area contributed by atoms with Crippen molar-refractivity contribution in [1.82, 2.24) is 9.88 Å². The molecule has 4 aromatic rings. The second-order valence-corrected chi connectivity index (χ2v) is 15.8. The molecule has 1 saturated heterocycles. The van der Waals surface area contributed by atoms with Gasteiger partial charge in [-0.15, -0.1) is 0 Å². The monoisotopic (exact) mass is 761 g/mol. The van der Waals surface area contributed by atoms with Crippen LogP contribution in [0.1, 0.15) is 64.3 Å². The summed E-state index contributed by atoms with van der Waals surface area (Å²) in [7, 11) is -1.53. The number of nitrogen functional groups attached to an aromatic ring is 1. The minimum atomic E-state index is -3.97. The number of amides is 2. The quantitative estimate of drug-likeness (QED) is 0.130. The minimum absolute atomic E-state index is 0.0782. The summed E-state index contributed by atoms with van der Waals surface area (Å²) >= 11 is 0. The highest BCUT2D eigenvalue weighted by molar-refractivity contribution is 7.92. The molecule has 1 aromatic heterocycles. The number of carbonyl (C=O) groups excluding carboxylic acids is 3. The molecule has 14 nitrogen and oxygen atoms in total. The van der Waals surface area contributed by atoms with Gasteiger partial charge in [-0.05, 0) is 112 Å². The number of likely N-dealkylation sites (tertiary alicyclic amines) is 1. The zero-order valence-corrected chi connectivity index (χ0v) is 32.2. The van der Waals surface area contributed by atoms with E-state index in [9.17, 15) is 18.0 Å². The molecule has 1 unspecified atom stereocenters. The Balaban J connectivity index is 1.70. The van der Waals surface area contributed by atoms with Gasteiger partial charge in [0.1, 0.15) is 11.9 Å². The number of nitrogens with zero attached hydrogens (tertiary/aromatic N) is 2. The van der Waals surface area contributed by atoms with Crippen molar-refractivity contribution in [2.45, 2.75) is 69.4 Å². The number of anilines is 3. The number of nitrogens with one attached hydrogen (secondary N) is 2. The third-order valence-electron chi connectivity index (χ3n) is 9.19. The summed E-state index contributed by atoms with van der Waals surface area (Å²) in [6.45, 7) is 9.15. The number of fused-ring (bicyclic) bond motifs is 1. The van der Waals surface area contributed by atoms with Gasteiger partial charge in [-0.1, -0.05) is 6.07 Å². The molecule has 0 spiro atoms. The Bertz CT molecular complexity index is 2140. The second-order valence-electron chi connectivity index (χ2n) is 13.4. The zero-order chi connectivity index (χ0) is 39.3. The lowest BCUT2D eigenvalue weighted by Crippen LogP contribution is -2.40. The van der Waals surface area contributed by atoms with Crippen LogP contribution in [-0.2, 0) is 28.9 Å². The van der Waals surface area contributed by atoms with Gasteiger partial charge in [0.25, 0.3) is 0 Å². The number of esters is 1. The van der Waals surface area contributed by atoms with E-state index in [0.717, 1.165) is 10.8 Å². The summed E-state index contributed by atoms with van der Waals surface area (Å²) in [5, 5.41) is 6.65. The number of aromatic nitrogens is 1. The topological polar surface area (TPSA) is 188 Å². The van der Waals surface area contributed by atoms with Gasteiger partial charge in [-0.3, -0.25) is 14.9 Å². The van der Waals surface area contributed by atoms with E-state index in [0.29, 0.717) is 35.2 Å². The molecule has 4 N–H and O–H groups in total. The summed E-state index contributed by atoms with van der Waals surface area (Å²) in [6.07, 6.45) is 0.849. The van der Waals surface area contributed by atoms with Gasteiger partial charge in [0.15, 0.2) is 21.3 Å². The van der Waals surface area contributed by atoms with Gasteiger partial charge < -0.3 is 34.9 Å². The average Bonchev–Trinajstić information content (AvgIpc) is 3.59. The fourth-order valence-electron chi connectivity index (χ4n) is 6.60. The zero-order valence-electron chi connectivity index (χ0n) is 31.4. The number of ether oxygens (including phenoxy) is 4. The summed E-state index contributed by atoms with van der Waals surface area (Å²) in [5.74, 6) is -0.727. The first-order chi connectivity index (χ1) is 25.7. The lowest BCUT2D eigenvalue weighted by molar-refractivity contribution is -0.147. The SMILES string of the molecule is CCOc1cc(C(Nc2ccc3c(N)nccc3c2)C(=O)N2CC[C@@H](C(=O)OC)[C@H]2c2cc(NC(=O)OC)ccc2S(=O)(=O)C(C)C)ccc1OC(C)C. The maximum absolute atomic E-state index is 15.2. The van der Waals surface area contributed by atoms with Crippen LogP contribution in [0.15, 0.2) is 71.8 Å². The van der Waals surface area contributed by atoms with Crippen molar-refractivity contribution in [3.8, 4) is 11.5 Å². The Morgan fingerprint density at radius 3 is 2.35 bits per heavy atom. The molecule has 5 rings (SSSR count). The molecule has 1 fully saturated rings. The van der Waals surface area contributed by atoms with Gasteiger partial charge >= 0.3 is 12.1 Å². The van der Waals surface area contributed by atoms with Crippen LogP contribution in [0.4, 0.5) is 22.0 Å². The van der Waals surface area contributed by atoms with Crippen molar-refractivity contribution in [2.24, 2.45) is 5.92 Å². The highest BCUT2D eigenvalue weighted by atomic mass is 32.2. The summed E-state index contributed by atoms with van der Waals surface area (Å²) < 4.78 is 49.7. The highest BCUT2D eigenvalue weighted by Crippen LogP contribution is 2.44. The molecule has 3 atom stereocenters. The van der Waals surface area contributed by atoms with E-state index in [1.165, 1.54) is 37.3 Å². The van der Waals surface area contributed by atoms with Gasteiger partial charge in [0.2, 0.25) is 5.91 Å². The molecule has 0 radical (unpaired) electrons. The molecule has 0 aliphatic carbocycles. The van der Waals surface area contributed by atoms with Crippen LogP contribution in [0.25, 0.3) is 10.8 Å². The summed E-state index contributed by atoms with van der Waals surface area (Å²) in [6, 6.07) is 14.6. The lowest BCUT2D eigenvalue weighted by Gasteiger charge is -2.33. The molecule has 288 valence electrons. The summed E-state index contributed by atoms with van der Waals surface area (Å²) in [5.41, 5.74) is 7.59. The van der Waals surface area contributed by atoms with Crippen LogP contribution in [-0.4, -0.2) is 75.0 Å². The molecule has 3 aromatic carbocycles. The molecule has 1 aliphatic rings. The molecule has 1 aliphatic heterocycles. The molecular weight excluding hydrogens is 715 g/mol. The minimum Gasteiger partial charge on any atom is -0.490 e. The van der Waals surface area contributed by atoms with Gasteiger partial charge in [0, 0.05) is 29.5 Å².